The summed E-state index contributed by atoms with van der Waals surface area (Å²) in [6.45, 7) is 0.0844. The van der Waals surface area contributed by atoms with Gasteiger partial charge < -0.3 is 4.74 Å². The maximum Gasteiger partial charge on any atom is 0.335 e. The van der Waals surface area contributed by atoms with Crippen LogP contribution in [0.2, 0.25) is 0 Å². The van der Waals surface area contributed by atoms with Gasteiger partial charge in [-0.3, -0.25) is 14.9 Å². The van der Waals surface area contributed by atoms with Crippen LogP contribution in [0.5, 0.6) is 5.75 Å². The predicted octanol–water partition coefficient (Wildman–Crippen LogP) is 5.22. The van der Waals surface area contributed by atoms with E-state index in [2.05, 4.69) is 5.32 Å². The highest BCUT2D eigenvalue weighted by atomic mass is 19.1. The van der Waals surface area contributed by atoms with Crippen molar-refractivity contribution < 1.29 is 23.5 Å². The summed E-state index contributed by atoms with van der Waals surface area (Å²) in [6, 6.07) is 24.7. The van der Waals surface area contributed by atoms with E-state index in [9.17, 15) is 18.8 Å². The van der Waals surface area contributed by atoms with Crippen molar-refractivity contribution in [3.05, 3.63) is 114 Å². The number of para-hydroxylation sites is 1. The summed E-state index contributed by atoms with van der Waals surface area (Å²) in [5.41, 5.74) is 1.26. The number of imide groups is 2. The number of carbonyl (C=O) groups excluding carboxylic acids is 3. The van der Waals surface area contributed by atoms with E-state index in [0.717, 1.165) is 15.7 Å². The Morgan fingerprint density at radius 2 is 1.63 bits per heavy atom. The molecule has 0 spiro atoms. The molecule has 4 aromatic rings. The largest absolute Gasteiger partial charge is 0.488 e. The molecule has 172 valence electrons. The standard InChI is InChI=1S/C28H19FN2O4/c29-20-9-6-7-18(15-20)17-35-25-14-13-19-8-4-5-12-22(19)23(25)16-24-26(32)30-28(34)31(27(24)33)21-10-2-1-3-11-21/h1-16H,17H2,(H,30,32,34)/b24-16+. The van der Waals surface area contributed by atoms with Gasteiger partial charge in [-0.15, -0.1) is 0 Å². The SMILES string of the molecule is O=C1NC(=O)N(c2ccccc2)C(=O)/C1=C/c1c(OCc2cccc(F)c2)ccc2ccccc12. The van der Waals surface area contributed by atoms with Gasteiger partial charge >= 0.3 is 6.03 Å². The third-order valence-corrected chi connectivity index (χ3v) is 5.62. The Bertz CT molecular complexity index is 1500. The molecule has 7 heteroatoms. The smallest absolute Gasteiger partial charge is 0.335 e. The van der Waals surface area contributed by atoms with Crippen molar-refractivity contribution in [3.63, 3.8) is 0 Å². The van der Waals surface area contributed by atoms with Gasteiger partial charge in [0.1, 0.15) is 23.7 Å². The third kappa shape index (κ3) is 4.39. The first-order chi connectivity index (χ1) is 17.0. The molecule has 6 nitrogen and oxygen atoms in total. The molecule has 0 atom stereocenters. The summed E-state index contributed by atoms with van der Waals surface area (Å²) in [7, 11) is 0. The second-order valence-electron chi connectivity index (χ2n) is 7.91. The minimum absolute atomic E-state index is 0.0844. The Balaban J connectivity index is 1.58. The van der Waals surface area contributed by atoms with Crippen LogP contribution in [0.3, 0.4) is 0 Å². The van der Waals surface area contributed by atoms with E-state index in [0.29, 0.717) is 22.6 Å². The summed E-state index contributed by atoms with van der Waals surface area (Å²) >= 11 is 0. The molecular formula is C28H19FN2O4. The van der Waals surface area contributed by atoms with Crippen molar-refractivity contribution in [1.29, 1.82) is 0 Å². The van der Waals surface area contributed by atoms with Crippen LogP contribution in [-0.2, 0) is 16.2 Å². The van der Waals surface area contributed by atoms with Crippen LogP contribution in [0, 0.1) is 5.82 Å². The monoisotopic (exact) mass is 466 g/mol. The lowest BCUT2D eigenvalue weighted by Gasteiger charge is -2.26. The summed E-state index contributed by atoms with van der Waals surface area (Å²) in [5.74, 6) is -1.50. The number of amides is 4. The molecule has 1 heterocycles. The lowest BCUT2D eigenvalue weighted by atomic mass is 9.99. The number of anilines is 1. The fourth-order valence-corrected chi connectivity index (χ4v) is 3.95. The molecule has 0 saturated carbocycles. The molecule has 1 N–H and O–H groups in total. The summed E-state index contributed by atoms with van der Waals surface area (Å²) in [6.07, 6.45) is 1.43. The number of urea groups is 1. The quantitative estimate of drug-likeness (QED) is 0.323. The number of hydrogen-bond acceptors (Lipinski definition) is 4. The molecule has 0 unspecified atom stereocenters. The first-order valence-corrected chi connectivity index (χ1v) is 10.9. The first-order valence-electron chi connectivity index (χ1n) is 10.9. The van der Waals surface area contributed by atoms with Crippen LogP contribution in [0.15, 0.2) is 96.6 Å². The van der Waals surface area contributed by atoms with Crippen LogP contribution >= 0.6 is 0 Å². The number of nitrogens with one attached hydrogen (secondary N) is 1. The van der Waals surface area contributed by atoms with Crippen molar-refractivity contribution in [2.75, 3.05) is 4.90 Å². The van der Waals surface area contributed by atoms with Gasteiger partial charge in [-0.2, -0.15) is 0 Å². The van der Waals surface area contributed by atoms with Gasteiger partial charge in [0, 0.05) is 5.56 Å². The number of benzene rings is 4. The zero-order chi connectivity index (χ0) is 24.4. The zero-order valence-corrected chi connectivity index (χ0v) is 18.4. The average molecular weight is 466 g/mol. The Labute approximate surface area is 200 Å². The molecule has 5 rings (SSSR count). The minimum Gasteiger partial charge on any atom is -0.488 e. The van der Waals surface area contributed by atoms with E-state index in [4.69, 9.17) is 4.74 Å². The molecule has 4 amide bonds. The molecule has 0 aliphatic carbocycles. The van der Waals surface area contributed by atoms with Crippen molar-refractivity contribution in [3.8, 4) is 5.75 Å². The number of carbonyl (C=O) groups is 3. The molecule has 0 aromatic heterocycles. The second-order valence-corrected chi connectivity index (χ2v) is 7.91. The van der Waals surface area contributed by atoms with E-state index < -0.39 is 17.8 Å². The number of ether oxygens (including phenoxy) is 1. The highest BCUT2D eigenvalue weighted by molar-refractivity contribution is 6.39. The van der Waals surface area contributed by atoms with Gasteiger partial charge in [0.15, 0.2) is 0 Å². The highest BCUT2D eigenvalue weighted by Crippen LogP contribution is 2.32. The predicted molar refractivity (Wildman–Crippen MR) is 130 cm³/mol. The van der Waals surface area contributed by atoms with Gasteiger partial charge in [-0.25, -0.2) is 14.1 Å². The van der Waals surface area contributed by atoms with E-state index in [1.54, 1.807) is 48.5 Å². The first kappa shape index (κ1) is 22.0. The third-order valence-electron chi connectivity index (χ3n) is 5.62. The Hall–Kier alpha value is -4.78. The molecule has 1 saturated heterocycles. The van der Waals surface area contributed by atoms with Crippen molar-refractivity contribution in [2.45, 2.75) is 6.61 Å². The topological polar surface area (TPSA) is 75.7 Å². The van der Waals surface area contributed by atoms with Gasteiger partial charge in [0.2, 0.25) is 0 Å². The van der Waals surface area contributed by atoms with E-state index in [1.165, 1.54) is 18.2 Å². The maximum absolute atomic E-state index is 13.6. The summed E-state index contributed by atoms with van der Waals surface area (Å²) in [4.78, 5) is 39.4. The fourth-order valence-electron chi connectivity index (χ4n) is 3.95. The van der Waals surface area contributed by atoms with Crippen LogP contribution in [0.25, 0.3) is 16.8 Å². The summed E-state index contributed by atoms with van der Waals surface area (Å²) < 4.78 is 19.6. The lowest BCUT2D eigenvalue weighted by molar-refractivity contribution is -0.122. The molecule has 35 heavy (non-hydrogen) atoms. The van der Waals surface area contributed by atoms with E-state index in [1.807, 2.05) is 30.3 Å². The Morgan fingerprint density at radius 1 is 0.857 bits per heavy atom. The molecule has 0 radical (unpaired) electrons. The zero-order valence-electron chi connectivity index (χ0n) is 18.4. The van der Waals surface area contributed by atoms with E-state index >= 15 is 0 Å². The van der Waals surface area contributed by atoms with Crippen LogP contribution in [0.1, 0.15) is 11.1 Å². The van der Waals surface area contributed by atoms with Crippen molar-refractivity contribution >= 4 is 40.4 Å². The lowest BCUT2D eigenvalue weighted by Crippen LogP contribution is -2.54. The number of fused-ring (bicyclic) bond motifs is 1. The Kier molecular flexibility index (Phi) is 5.81. The van der Waals surface area contributed by atoms with Crippen molar-refractivity contribution in [2.24, 2.45) is 0 Å². The van der Waals surface area contributed by atoms with Crippen LogP contribution in [-0.4, -0.2) is 17.8 Å². The molecule has 1 fully saturated rings. The minimum atomic E-state index is -0.816. The van der Waals surface area contributed by atoms with Gasteiger partial charge in [-0.1, -0.05) is 60.7 Å². The van der Waals surface area contributed by atoms with Crippen LogP contribution in [0.4, 0.5) is 14.9 Å². The second kappa shape index (κ2) is 9.23. The fraction of sp³-hybridized carbons (Fsp3) is 0.0357. The molecule has 0 bridgehead atoms. The van der Waals surface area contributed by atoms with Crippen molar-refractivity contribution in [1.82, 2.24) is 5.32 Å². The normalized spacial score (nSPS) is 14.9. The molecule has 1 aliphatic heterocycles. The number of barbiturate groups is 1. The highest BCUT2D eigenvalue weighted by Gasteiger charge is 2.37. The van der Waals surface area contributed by atoms with Crippen LogP contribution < -0.4 is 15.0 Å². The maximum atomic E-state index is 13.6. The average Bonchev–Trinajstić information content (AvgIpc) is 2.86. The molecule has 4 aromatic carbocycles. The van der Waals surface area contributed by atoms with E-state index in [-0.39, 0.29) is 18.0 Å². The Morgan fingerprint density at radius 3 is 2.43 bits per heavy atom. The van der Waals surface area contributed by atoms with Gasteiger partial charge in [0.05, 0.1) is 5.69 Å². The molecule has 1 aliphatic rings. The molecular weight excluding hydrogens is 447 g/mol. The number of halogens is 1. The van der Waals surface area contributed by atoms with Gasteiger partial charge in [-0.05, 0) is 52.7 Å². The number of hydrogen-bond donors (Lipinski definition) is 1. The van der Waals surface area contributed by atoms with Gasteiger partial charge in [0.25, 0.3) is 11.8 Å². The number of rotatable bonds is 5. The summed E-state index contributed by atoms with van der Waals surface area (Å²) in [5, 5.41) is 3.86. The number of nitrogens with zero attached hydrogens (tertiary/aromatic N) is 1.